The third kappa shape index (κ3) is 2.65. The van der Waals surface area contributed by atoms with Gasteiger partial charge in [-0.15, -0.1) is 0 Å². The molecule has 1 aromatic rings. The van der Waals surface area contributed by atoms with E-state index in [1.54, 1.807) is 6.21 Å². The Bertz CT molecular complexity index is 359. The Morgan fingerprint density at radius 2 is 2.13 bits per heavy atom. The van der Waals surface area contributed by atoms with Crippen LogP contribution in [0.4, 0.5) is 0 Å². The molecule has 3 heteroatoms. The van der Waals surface area contributed by atoms with Crippen LogP contribution in [0.3, 0.4) is 0 Å². The molecule has 1 amide bonds. The average molecular weight is 202 g/mol. The predicted molar refractivity (Wildman–Crippen MR) is 60.1 cm³/mol. The van der Waals surface area contributed by atoms with E-state index in [2.05, 4.69) is 10.3 Å². The van der Waals surface area contributed by atoms with E-state index >= 15 is 0 Å². The summed E-state index contributed by atoms with van der Waals surface area (Å²) >= 11 is 0. The highest BCUT2D eigenvalue weighted by Gasteiger charge is 2.19. The van der Waals surface area contributed by atoms with Crippen molar-refractivity contribution in [2.45, 2.75) is 18.9 Å². The third-order valence-corrected chi connectivity index (χ3v) is 2.46. The zero-order valence-corrected chi connectivity index (χ0v) is 8.52. The molecule has 1 aliphatic rings. The molecule has 0 bridgehead atoms. The Kier molecular flexibility index (Phi) is 3.12. The average Bonchev–Trinajstić information content (AvgIpc) is 2.29. The van der Waals surface area contributed by atoms with Crippen LogP contribution in [0.25, 0.3) is 0 Å². The molecule has 0 radical (unpaired) electrons. The number of carbonyl (C=O) groups excluding carboxylic acids is 1. The molecule has 1 fully saturated rings. The van der Waals surface area contributed by atoms with Crippen molar-refractivity contribution in [1.29, 1.82) is 0 Å². The monoisotopic (exact) mass is 202 g/mol. The lowest BCUT2D eigenvalue weighted by molar-refractivity contribution is -0.123. The van der Waals surface area contributed by atoms with Crippen LogP contribution in [0.15, 0.2) is 35.3 Å². The van der Waals surface area contributed by atoms with Gasteiger partial charge in [0.1, 0.15) is 6.04 Å². The van der Waals surface area contributed by atoms with Gasteiger partial charge >= 0.3 is 0 Å². The van der Waals surface area contributed by atoms with Crippen LogP contribution in [-0.2, 0) is 4.79 Å². The third-order valence-electron chi connectivity index (χ3n) is 2.46. The van der Waals surface area contributed by atoms with Crippen LogP contribution in [0.1, 0.15) is 18.4 Å². The number of piperidine rings is 1. The second-order valence-electron chi connectivity index (χ2n) is 3.64. The summed E-state index contributed by atoms with van der Waals surface area (Å²) in [5.41, 5.74) is 1.04. The fraction of sp³-hybridized carbons (Fsp3) is 0.333. The number of nitrogens with zero attached hydrogens (tertiary/aromatic N) is 1. The van der Waals surface area contributed by atoms with Gasteiger partial charge in [-0.25, -0.2) is 0 Å². The normalized spacial score (nSPS) is 21.6. The number of aliphatic imine (C=N–C) groups is 1. The lowest BCUT2D eigenvalue weighted by atomic mass is 10.1. The molecule has 1 aromatic carbocycles. The zero-order chi connectivity index (χ0) is 10.5. The maximum atomic E-state index is 11.4. The summed E-state index contributed by atoms with van der Waals surface area (Å²) in [4.78, 5) is 15.7. The van der Waals surface area contributed by atoms with E-state index in [1.807, 2.05) is 30.3 Å². The standard InChI is InChI=1S/C12H14N2O/c15-12-11(7-4-8-13-12)14-9-10-5-2-1-3-6-10/h1-3,5-6,9,11H,4,7-8H2,(H,13,15)/b14-9+. The molecule has 0 spiro atoms. The van der Waals surface area contributed by atoms with Crippen molar-refractivity contribution in [2.75, 3.05) is 6.54 Å². The zero-order valence-electron chi connectivity index (χ0n) is 8.52. The SMILES string of the molecule is O=C1NCCCC1/N=C/c1ccccc1. The van der Waals surface area contributed by atoms with Gasteiger partial charge < -0.3 is 5.32 Å². The molecule has 0 aliphatic carbocycles. The quantitative estimate of drug-likeness (QED) is 0.723. The highest BCUT2D eigenvalue weighted by Crippen LogP contribution is 2.07. The Morgan fingerprint density at radius 1 is 1.33 bits per heavy atom. The van der Waals surface area contributed by atoms with Crippen molar-refractivity contribution in [3.8, 4) is 0 Å². The van der Waals surface area contributed by atoms with Gasteiger partial charge in [-0.3, -0.25) is 9.79 Å². The van der Waals surface area contributed by atoms with Crippen LogP contribution in [0, 0.1) is 0 Å². The summed E-state index contributed by atoms with van der Waals surface area (Å²) in [6.07, 6.45) is 3.65. The first kappa shape index (κ1) is 9.90. The number of carbonyl (C=O) groups is 1. The van der Waals surface area contributed by atoms with Gasteiger partial charge in [-0.05, 0) is 18.4 Å². The summed E-state index contributed by atoms with van der Waals surface area (Å²) in [7, 11) is 0. The van der Waals surface area contributed by atoms with Crippen LogP contribution in [-0.4, -0.2) is 24.7 Å². The molecule has 1 heterocycles. The number of amides is 1. The number of hydrogen-bond acceptors (Lipinski definition) is 2. The number of benzene rings is 1. The molecule has 1 atom stereocenters. The summed E-state index contributed by atoms with van der Waals surface area (Å²) in [5, 5.41) is 2.82. The molecule has 78 valence electrons. The maximum absolute atomic E-state index is 11.4. The molecule has 15 heavy (non-hydrogen) atoms. The van der Waals surface area contributed by atoms with Crippen molar-refractivity contribution in [2.24, 2.45) is 4.99 Å². The van der Waals surface area contributed by atoms with E-state index in [1.165, 1.54) is 0 Å². The van der Waals surface area contributed by atoms with Crippen molar-refractivity contribution in [3.63, 3.8) is 0 Å². The van der Waals surface area contributed by atoms with Crippen molar-refractivity contribution in [1.82, 2.24) is 5.32 Å². The molecular weight excluding hydrogens is 188 g/mol. The number of nitrogens with one attached hydrogen (secondary N) is 1. The molecule has 1 aliphatic heterocycles. The minimum Gasteiger partial charge on any atom is -0.354 e. The van der Waals surface area contributed by atoms with Gasteiger partial charge in [-0.2, -0.15) is 0 Å². The van der Waals surface area contributed by atoms with Crippen molar-refractivity contribution < 1.29 is 4.79 Å². The van der Waals surface area contributed by atoms with E-state index in [9.17, 15) is 4.79 Å². The Morgan fingerprint density at radius 3 is 2.87 bits per heavy atom. The summed E-state index contributed by atoms with van der Waals surface area (Å²) in [6, 6.07) is 9.64. The second-order valence-corrected chi connectivity index (χ2v) is 3.64. The van der Waals surface area contributed by atoms with Gasteiger partial charge in [0.2, 0.25) is 5.91 Å². The minimum absolute atomic E-state index is 0.0495. The van der Waals surface area contributed by atoms with Crippen LogP contribution < -0.4 is 5.32 Å². The van der Waals surface area contributed by atoms with E-state index in [0.717, 1.165) is 24.9 Å². The molecule has 1 N–H and O–H groups in total. The maximum Gasteiger partial charge on any atom is 0.244 e. The largest absolute Gasteiger partial charge is 0.354 e. The smallest absolute Gasteiger partial charge is 0.244 e. The van der Waals surface area contributed by atoms with Crippen molar-refractivity contribution in [3.05, 3.63) is 35.9 Å². The Hall–Kier alpha value is -1.64. The number of rotatable bonds is 2. The van der Waals surface area contributed by atoms with Crippen LogP contribution in [0.2, 0.25) is 0 Å². The second kappa shape index (κ2) is 4.73. The van der Waals surface area contributed by atoms with Crippen LogP contribution >= 0.6 is 0 Å². The van der Waals surface area contributed by atoms with E-state index in [0.29, 0.717) is 0 Å². The van der Waals surface area contributed by atoms with Gasteiger partial charge in [0, 0.05) is 12.8 Å². The molecule has 3 nitrogen and oxygen atoms in total. The highest BCUT2D eigenvalue weighted by molar-refractivity contribution is 5.87. The first-order valence-electron chi connectivity index (χ1n) is 5.22. The minimum atomic E-state index is -0.195. The van der Waals surface area contributed by atoms with Gasteiger partial charge in [0.25, 0.3) is 0 Å². The first-order valence-corrected chi connectivity index (χ1v) is 5.22. The molecule has 0 saturated carbocycles. The molecule has 0 aromatic heterocycles. The summed E-state index contributed by atoms with van der Waals surface area (Å²) < 4.78 is 0. The molecule has 2 rings (SSSR count). The highest BCUT2D eigenvalue weighted by atomic mass is 16.2. The van der Waals surface area contributed by atoms with Gasteiger partial charge in [0.05, 0.1) is 0 Å². The van der Waals surface area contributed by atoms with Crippen LogP contribution in [0.5, 0.6) is 0 Å². The molecular formula is C12H14N2O. The summed E-state index contributed by atoms with van der Waals surface area (Å²) in [6.45, 7) is 0.788. The predicted octanol–water partition coefficient (Wildman–Crippen LogP) is 1.38. The fourth-order valence-electron chi connectivity index (χ4n) is 1.61. The van der Waals surface area contributed by atoms with Gasteiger partial charge in [0.15, 0.2) is 0 Å². The number of hydrogen-bond donors (Lipinski definition) is 1. The first-order chi connectivity index (χ1) is 7.36. The molecule has 1 saturated heterocycles. The Balaban J connectivity index is 2.01. The summed E-state index contributed by atoms with van der Waals surface area (Å²) in [5.74, 6) is 0.0495. The van der Waals surface area contributed by atoms with Crippen molar-refractivity contribution >= 4 is 12.1 Å². The topological polar surface area (TPSA) is 41.5 Å². The lowest BCUT2D eigenvalue weighted by Gasteiger charge is -2.17. The van der Waals surface area contributed by atoms with Gasteiger partial charge in [-0.1, -0.05) is 30.3 Å². The van der Waals surface area contributed by atoms with E-state index in [-0.39, 0.29) is 11.9 Å². The van der Waals surface area contributed by atoms with E-state index in [4.69, 9.17) is 0 Å². The fourth-order valence-corrected chi connectivity index (χ4v) is 1.61. The molecule has 1 unspecified atom stereocenters. The van der Waals surface area contributed by atoms with E-state index < -0.39 is 0 Å². The lowest BCUT2D eigenvalue weighted by Crippen LogP contribution is -2.39. The Labute approximate surface area is 89.2 Å².